The van der Waals surface area contributed by atoms with E-state index in [-0.39, 0.29) is 24.3 Å². The molecule has 7 nitrogen and oxygen atoms in total. The number of phenols is 1. The number of aryl methyl sites for hydroxylation is 3. The molecule has 0 fully saturated rings. The highest BCUT2D eigenvalue weighted by atomic mass is 16.5. The lowest BCUT2D eigenvalue weighted by Gasteiger charge is -2.25. The summed E-state index contributed by atoms with van der Waals surface area (Å²) >= 11 is 0. The van der Waals surface area contributed by atoms with Crippen LogP contribution in [0.4, 0.5) is 0 Å². The van der Waals surface area contributed by atoms with E-state index in [1.165, 1.54) is 5.56 Å². The molecule has 38 heavy (non-hydrogen) atoms. The third kappa shape index (κ3) is 9.53. The molecule has 3 rings (SSSR count). The highest BCUT2D eigenvalue weighted by Crippen LogP contribution is 2.28. The predicted octanol–water partition coefficient (Wildman–Crippen LogP) is 5.28. The summed E-state index contributed by atoms with van der Waals surface area (Å²) < 4.78 is 11.9. The lowest BCUT2D eigenvalue weighted by atomic mass is 9.91. The number of hydrogen-bond donors (Lipinski definition) is 5. The van der Waals surface area contributed by atoms with Gasteiger partial charge in [0, 0.05) is 50.3 Å². The number of aromatic hydroxyl groups is 1. The number of aromatic amines is 1. The van der Waals surface area contributed by atoms with Crippen LogP contribution in [0, 0.1) is 0 Å². The Hall–Kier alpha value is -2.74. The molecule has 1 aromatic carbocycles. The molecule has 0 aliphatic carbocycles. The van der Waals surface area contributed by atoms with E-state index in [0.29, 0.717) is 25.3 Å². The van der Waals surface area contributed by atoms with Crippen LogP contribution < -0.4 is 10.1 Å². The van der Waals surface area contributed by atoms with Crippen LogP contribution in [0.25, 0.3) is 0 Å². The zero-order chi connectivity index (χ0) is 27.3. The average Bonchev–Trinajstić information content (AvgIpc) is 3.57. The number of phenolic OH excluding ortho intramolecular Hbond substituents is 1. The number of ether oxygens (including phenoxy) is 1. The van der Waals surface area contributed by atoms with Gasteiger partial charge in [-0.3, -0.25) is 0 Å². The van der Waals surface area contributed by atoms with Crippen LogP contribution in [-0.2, 0) is 25.7 Å². The van der Waals surface area contributed by atoms with Gasteiger partial charge in [-0.2, -0.15) is 0 Å². The normalized spacial score (nSPS) is 13.9. The van der Waals surface area contributed by atoms with E-state index >= 15 is 0 Å². The summed E-state index contributed by atoms with van der Waals surface area (Å²) in [6, 6.07) is 12.0. The Kier molecular flexibility index (Phi) is 12.3. The molecule has 0 spiro atoms. The Labute approximate surface area is 227 Å². The van der Waals surface area contributed by atoms with E-state index in [0.717, 1.165) is 67.7 Å². The van der Waals surface area contributed by atoms with E-state index in [4.69, 9.17) is 9.15 Å². The molecule has 0 bridgehead atoms. The number of benzene rings is 1. The minimum absolute atomic E-state index is 0.144. The fraction of sp³-hybridized carbons (Fsp3) is 0.548. The summed E-state index contributed by atoms with van der Waals surface area (Å²) in [4.78, 5) is 3.35. The number of nitrogens with one attached hydrogen (secondary N) is 2. The Morgan fingerprint density at radius 3 is 2.53 bits per heavy atom. The van der Waals surface area contributed by atoms with Crippen molar-refractivity contribution in [1.29, 1.82) is 0 Å². The Morgan fingerprint density at radius 2 is 1.79 bits per heavy atom. The minimum atomic E-state index is -0.416. The third-order valence-electron chi connectivity index (χ3n) is 7.05. The molecule has 0 saturated heterocycles. The number of hydrogen-bond acceptors (Lipinski definition) is 6. The van der Waals surface area contributed by atoms with Crippen molar-refractivity contribution in [3.8, 4) is 11.5 Å². The first kappa shape index (κ1) is 29.8. The number of H-pyrrole nitrogens is 1. The standard InChI is InChI=1S/C31H46N2O5/c1-4-5-7-27-12-13-28(38-27)11-9-24-10-14-30(36)31(18-24)37-17-15-26-19-25(21-32-26)23(3)29(8-6-16-34)33-20-22(2)35/h10,12-14,18-19,21-23,29,32-36H,4-9,11,15-17,20H2,1-3H3/t22-,23-,29-/m0/s1. The molecule has 0 aliphatic heterocycles. The maximum absolute atomic E-state index is 10.3. The van der Waals surface area contributed by atoms with Gasteiger partial charge in [0.05, 0.1) is 12.7 Å². The van der Waals surface area contributed by atoms with Crippen molar-refractivity contribution in [1.82, 2.24) is 10.3 Å². The second-order valence-electron chi connectivity index (χ2n) is 10.3. The Balaban J connectivity index is 1.50. The number of unbranched alkanes of at least 4 members (excludes halogenated alkanes) is 1. The molecule has 2 aromatic heterocycles. The van der Waals surface area contributed by atoms with Crippen LogP contribution in [0.2, 0.25) is 0 Å². The van der Waals surface area contributed by atoms with Crippen molar-refractivity contribution in [3.63, 3.8) is 0 Å². The SMILES string of the molecule is CCCCc1ccc(CCc2ccc(O)c(OCCc3cc([C@H](C)[C@H](CCCO)NC[C@H](C)O)c[nH]3)c2)o1. The monoisotopic (exact) mass is 526 g/mol. The van der Waals surface area contributed by atoms with Gasteiger partial charge in [-0.05, 0) is 80.0 Å². The number of aliphatic hydroxyl groups excluding tert-OH is 2. The molecule has 0 radical (unpaired) electrons. The van der Waals surface area contributed by atoms with E-state index in [2.05, 4.69) is 42.3 Å². The summed E-state index contributed by atoms with van der Waals surface area (Å²) in [5.74, 6) is 2.91. The molecule has 7 heteroatoms. The largest absolute Gasteiger partial charge is 0.504 e. The van der Waals surface area contributed by atoms with Crippen LogP contribution in [0.5, 0.6) is 11.5 Å². The molecular formula is C31H46N2O5. The molecular weight excluding hydrogens is 480 g/mol. The van der Waals surface area contributed by atoms with Gasteiger partial charge in [-0.1, -0.05) is 26.3 Å². The highest BCUT2D eigenvalue weighted by molar-refractivity contribution is 5.42. The maximum Gasteiger partial charge on any atom is 0.161 e. The summed E-state index contributed by atoms with van der Waals surface area (Å²) in [5.41, 5.74) is 3.34. The minimum Gasteiger partial charge on any atom is -0.504 e. The summed E-state index contributed by atoms with van der Waals surface area (Å²) in [6.07, 6.45) is 8.76. The fourth-order valence-corrected chi connectivity index (χ4v) is 4.67. The summed E-state index contributed by atoms with van der Waals surface area (Å²) in [6.45, 7) is 7.24. The van der Waals surface area contributed by atoms with Crippen molar-refractivity contribution in [2.24, 2.45) is 0 Å². The van der Waals surface area contributed by atoms with Gasteiger partial charge < -0.3 is 34.8 Å². The van der Waals surface area contributed by atoms with E-state index in [1.54, 1.807) is 13.0 Å². The Bertz CT molecular complexity index is 1070. The van der Waals surface area contributed by atoms with Crippen molar-refractivity contribution >= 4 is 0 Å². The van der Waals surface area contributed by atoms with Crippen LogP contribution >= 0.6 is 0 Å². The first-order valence-electron chi connectivity index (χ1n) is 14.1. The molecule has 0 aliphatic rings. The van der Waals surface area contributed by atoms with E-state index in [1.807, 2.05) is 18.3 Å². The van der Waals surface area contributed by atoms with Crippen molar-refractivity contribution in [2.75, 3.05) is 19.8 Å². The first-order valence-corrected chi connectivity index (χ1v) is 14.1. The second kappa shape index (κ2) is 15.6. The van der Waals surface area contributed by atoms with Crippen LogP contribution in [0.3, 0.4) is 0 Å². The topological polar surface area (TPSA) is 111 Å². The van der Waals surface area contributed by atoms with E-state index in [9.17, 15) is 15.3 Å². The van der Waals surface area contributed by atoms with Gasteiger partial charge >= 0.3 is 0 Å². The molecule has 3 aromatic rings. The van der Waals surface area contributed by atoms with Crippen LogP contribution in [-0.4, -0.2) is 52.2 Å². The molecule has 0 amide bonds. The molecule has 2 heterocycles. The second-order valence-corrected chi connectivity index (χ2v) is 10.3. The van der Waals surface area contributed by atoms with Crippen molar-refractivity contribution < 1.29 is 24.5 Å². The van der Waals surface area contributed by atoms with Gasteiger partial charge in [0.15, 0.2) is 11.5 Å². The van der Waals surface area contributed by atoms with Crippen molar-refractivity contribution in [2.45, 2.75) is 90.2 Å². The number of aromatic nitrogens is 1. The van der Waals surface area contributed by atoms with Gasteiger partial charge in [0.1, 0.15) is 11.5 Å². The molecule has 210 valence electrons. The maximum atomic E-state index is 10.3. The van der Waals surface area contributed by atoms with Gasteiger partial charge in [-0.25, -0.2) is 0 Å². The zero-order valence-corrected chi connectivity index (χ0v) is 23.2. The number of rotatable bonds is 18. The molecule has 5 N–H and O–H groups in total. The highest BCUT2D eigenvalue weighted by Gasteiger charge is 2.20. The lowest BCUT2D eigenvalue weighted by molar-refractivity contribution is 0.180. The Morgan fingerprint density at radius 1 is 1.00 bits per heavy atom. The molecule has 3 atom stereocenters. The number of furan rings is 1. The van der Waals surface area contributed by atoms with Crippen LogP contribution in [0.15, 0.2) is 47.0 Å². The van der Waals surface area contributed by atoms with E-state index < -0.39 is 6.10 Å². The summed E-state index contributed by atoms with van der Waals surface area (Å²) in [5, 5.41) is 32.7. The third-order valence-corrected chi connectivity index (χ3v) is 7.05. The smallest absolute Gasteiger partial charge is 0.161 e. The van der Waals surface area contributed by atoms with Gasteiger partial charge in [0.2, 0.25) is 0 Å². The van der Waals surface area contributed by atoms with Gasteiger partial charge in [0.25, 0.3) is 0 Å². The van der Waals surface area contributed by atoms with Crippen molar-refractivity contribution in [3.05, 3.63) is 70.9 Å². The van der Waals surface area contributed by atoms with Crippen LogP contribution in [0.1, 0.15) is 80.7 Å². The predicted molar refractivity (Wildman–Crippen MR) is 151 cm³/mol. The lowest BCUT2D eigenvalue weighted by Crippen LogP contribution is -2.38. The zero-order valence-electron chi connectivity index (χ0n) is 23.2. The molecule has 0 saturated carbocycles. The fourth-order valence-electron chi connectivity index (χ4n) is 4.67. The summed E-state index contributed by atoms with van der Waals surface area (Å²) in [7, 11) is 0. The first-order chi connectivity index (χ1) is 18.4. The molecule has 0 unspecified atom stereocenters. The van der Waals surface area contributed by atoms with Gasteiger partial charge in [-0.15, -0.1) is 0 Å². The quantitative estimate of drug-likeness (QED) is 0.154. The average molecular weight is 527 g/mol. The number of aliphatic hydroxyl groups is 2.